The predicted octanol–water partition coefficient (Wildman–Crippen LogP) is 2.79. The van der Waals surface area contributed by atoms with Crippen molar-refractivity contribution in [3.05, 3.63) is 90.5 Å². The number of benzene rings is 3. The predicted molar refractivity (Wildman–Crippen MR) is 102 cm³/mol. The molecule has 0 heterocycles. The highest BCUT2D eigenvalue weighted by atomic mass is 28.3. The molecule has 0 fully saturated rings. The third-order valence-electron chi connectivity index (χ3n) is 4.12. The van der Waals surface area contributed by atoms with Gasteiger partial charge in [-0.2, -0.15) is 0 Å². The van der Waals surface area contributed by atoms with Crippen LogP contribution in [0.2, 0.25) is 0 Å². The molecule has 0 radical (unpaired) electrons. The van der Waals surface area contributed by atoms with E-state index in [1.54, 1.807) is 7.11 Å². The molecule has 0 bridgehead atoms. The lowest BCUT2D eigenvalue weighted by molar-refractivity contribution is 0.162. The van der Waals surface area contributed by atoms with E-state index in [0.29, 0.717) is 6.61 Å². The number of hydrogen-bond acceptors (Lipinski definition) is 2. The first-order valence-corrected chi connectivity index (χ1v) is 10.1. The Balaban J connectivity index is 1.68. The molecule has 0 saturated carbocycles. The van der Waals surface area contributed by atoms with Crippen molar-refractivity contribution in [3.63, 3.8) is 0 Å². The molecule has 3 aromatic rings. The van der Waals surface area contributed by atoms with Crippen LogP contribution in [0, 0.1) is 0 Å². The maximum atomic E-state index is 6.09. The summed E-state index contributed by atoms with van der Waals surface area (Å²) in [6.07, 6.45) is 0.792. The molecule has 0 N–H and O–H groups in total. The van der Waals surface area contributed by atoms with Crippen molar-refractivity contribution in [2.45, 2.75) is 6.61 Å². The first-order chi connectivity index (χ1) is 11.9. The van der Waals surface area contributed by atoms with Crippen molar-refractivity contribution in [2.75, 3.05) is 13.3 Å². The van der Waals surface area contributed by atoms with Gasteiger partial charge in [-0.25, -0.2) is 0 Å². The fraction of sp³-hybridized carbons (Fsp3) is 0.143. The van der Waals surface area contributed by atoms with Crippen LogP contribution in [-0.4, -0.2) is 22.1 Å². The normalized spacial score (nSPS) is 10.8. The first kappa shape index (κ1) is 16.5. The molecule has 2 nitrogen and oxygen atoms in total. The van der Waals surface area contributed by atoms with Crippen LogP contribution in [0.25, 0.3) is 0 Å². The third kappa shape index (κ3) is 4.34. The minimum Gasteiger partial charge on any atom is -0.497 e. The molecule has 0 aliphatic heterocycles. The van der Waals surface area contributed by atoms with Gasteiger partial charge < -0.3 is 9.47 Å². The largest absolute Gasteiger partial charge is 0.497 e. The van der Waals surface area contributed by atoms with Gasteiger partial charge in [0.1, 0.15) is 14.5 Å². The minimum atomic E-state index is -1.35. The number of ether oxygens (including phenoxy) is 2. The fourth-order valence-corrected chi connectivity index (χ4v) is 5.27. The van der Waals surface area contributed by atoms with Crippen molar-refractivity contribution in [1.82, 2.24) is 0 Å². The van der Waals surface area contributed by atoms with Gasteiger partial charge in [-0.3, -0.25) is 0 Å². The van der Waals surface area contributed by atoms with E-state index in [2.05, 4.69) is 72.8 Å². The van der Waals surface area contributed by atoms with Crippen LogP contribution in [0.5, 0.6) is 5.75 Å². The molecule has 0 saturated heterocycles. The van der Waals surface area contributed by atoms with Crippen LogP contribution < -0.4 is 15.1 Å². The van der Waals surface area contributed by atoms with Crippen LogP contribution >= 0.6 is 0 Å². The van der Waals surface area contributed by atoms with Gasteiger partial charge >= 0.3 is 0 Å². The standard InChI is InChI=1S/C21H22O2Si/c1-22-19-14-12-18(13-15-19)16-23-17-24(20-8-4-2-5-9-20)21-10-6-3-7-11-21/h2-15,24H,16-17H2,1H3. The molecule has 0 aliphatic carbocycles. The lowest BCUT2D eigenvalue weighted by Crippen LogP contribution is -2.46. The highest BCUT2D eigenvalue weighted by Crippen LogP contribution is 2.12. The average molecular weight is 334 g/mol. The van der Waals surface area contributed by atoms with E-state index in [0.717, 1.165) is 12.0 Å². The van der Waals surface area contributed by atoms with Gasteiger partial charge in [0.2, 0.25) is 0 Å². The highest BCUT2D eigenvalue weighted by molar-refractivity contribution is 6.85. The Morgan fingerprint density at radius 3 is 1.75 bits per heavy atom. The Kier molecular flexibility index (Phi) is 5.83. The monoisotopic (exact) mass is 334 g/mol. The summed E-state index contributed by atoms with van der Waals surface area (Å²) in [7, 11) is 0.328. The highest BCUT2D eigenvalue weighted by Gasteiger charge is 2.16. The molecular formula is C21H22O2Si. The number of methoxy groups -OCH3 is 1. The Bertz CT molecular complexity index is 687. The van der Waals surface area contributed by atoms with Gasteiger partial charge in [-0.15, -0.1) is 0 Å². The molecule has 24 heavy (non-hydrogen) atoms. The van der Waals surface area contributed by atoms with E-state index < -0.39 is 8.80 Å². The summed E-state index contributed by atoms with van der Waals surface area (Å²) < 4.78 is 11.3. The van der Waals surface area contributed by atoms with Gasteiger partial charge in [-0.1, -0.05) is 83.2 Å². The Morgan fingerprint density at radius 1 is 0.708 bits per heavy atom. The lowest BCUT2D eigenvalue weighted by atomic mass is 10.2. The fourth-order valence-electron chi connectivity index (χ4n) is 2.77. The smallest absolute Gasteiger partial charge is 0.130 e. The SMILES string of the molecule is COc1ccc(COC[SiH](c2ccccc2)c2ccccc2)cc1. The number of hydrogen-bond donors (Lipinski definition) is 0. The second kappa shape index (κ2) is 8.48. The van der Waals surface area contributed by atoms with E-state index in [4.69, 9.17) is 9.47 Å². The quantitative estimate of drug-likeness (QED) is 0.619. The van der Waals surface area contributed by atoms with Gasteiger partial charge in [-0.05, 0) is 17.7 Å². The van der Waals surface area contributed by atoms with E-state index in [1.165, 1.54) is 15.9 Å². The van der Waals surface area contributed by atoms with Crippen LogP contribution in [0.1, 0.15) is 5.56 Å². The van der Waals surface area contributed by atoms with E-state index in [9.17, 15) is 0 Å². The van der Waals surface area contributed by atoms with Crippen molar-refractivity contribution < 1.29 is 9.47 Å². The molecular weight excluding hydrogens is 312 g/mol. The Hall–Kier alpha value is -2.36. The molecule has 0 aliphatic rings. The van der Waals surface area contributed by atoms with Crippen LogP contribution in [-0.2, 0) is 11.3 Å². The molecule has 3 aromatic carbocycles. The molecule has 3 heteroatoms. The molecule has 0 atom stereocenters. The summed E-state index contributed by atoms with van der Waals surface area (Å²) in [6, 6.07) is 29.5. The van der Waals surface area contributed by atoms with E-state index >= 15 is 0 Å². The maximum Gasteiger partial charge on any atom is 0.130 e. The average Bonchev–Trinajstić information content (AvgIpc) is 2.67. The van der Waals surface area contributed by atoms with Crippen LogP contribution in [0.3, 0.4) is 0 Å². The Labute approximate surface area is 145 Å². The van der Waals surface area contributed by atoms with Gasteiger partial charge in [0, 0.05) is 6.23 Å². The van der Waals surface area contributed by atoms with Gasteiger partial charge in [0.05, 0.1) is 13.7 Å². The second-order valence-corrected chi connectivity index (χ2v) is 8.51. The molecule has 3 rings (SSSR count). The summed E-state index contributed by atoms with van der Waals surface area (Å²) in [5, 5.41) is 2.83. The van der Waals surface area contributed by atoms with Gasteiger partial charge in [0.15, 0.2) is 0 Å². The van der Waals surface area contributed by atoms with Gasteiger partial charge in [0.25, 0.3) is 0 Å². The van der Waals surface area contributed by atoms with E-state index in [1.807, 2.05) is 12.1 Å². The topological polar surface area (TPSA) is 18.5 Å². The zero-order valence-corrected chi connectivity index (χ0v) is 15.0. The molecule has 122 valence electrons. The minimum absolute atomic E-state index is 0.632. The van der Waals surface area contributed by atoms with Crippen LogP contribution in [0.4, 0.5) is 0 Å². The van der Waals surface area contributed by atoms with Crippen molar-refractivity contribution in [2.24, 2.45) is 0 Å². The molecule has 0 spiro atoms. The maximum absolute atomic E-state index is 6.09. The molecule has 0 unspecified atom stereocenters. The van der Waals surface area contributed by atoms with E-state index in [-0.39, 0.29) is 0 Å². The zero-order chi connectivity index (χ0) is 16.6. The summed E-state index contributed by atoms with van der Waals surface area (Å²) in [5.41, 5.74) is 1.17. The Morgan fingerprint density at radius 2 is 1.25 bits per heavy atom. The zero-order valence-electron chi connectivity index (χ0n) is 13.9. The lowest BCUT2D eigenvalue weighted by Gasteiger charge is -2.17. The van der Waals surface area contributed by atoms with Crippen molar-refractivity contribution >= 4 is 19.2 Å². The summed E-state index contributed by atoms with van der Waals surface area (Å²) in [5.74, 6) is 0.875. The van der Waals surface area contributed by atoms with Crippen LogP contribution in [0.15, 0.2) is 84.9 Å². The number of rotatable bonds is 7. The first-order valence-electron chi connectivity index (χ1n) is 8.17. The molecule has 0 amide bonds. The molecule has 0 aromatic heterocycles. The summed E-state index contributed by atoms with van der Waals surface area (Å²) in [6.45, 7) is 0.632. The second-order valence-electron chi connectivity index (χ2n) is 5.74. The van der Waals surface area contributed by atoms with Crippen molar-refractivity contribution in [3.8, 4) is 5.75 Å². The third-order valence-corrected chi connectivity index (χ3v) is 7.06. The summed E-state index contributed by atoms with van der Waals surface area (Å²) in [4.78, 5) is 0. The summed E-state index contributed by atoms with van der Waals surface area (Å²) >= 11 is 0. The van der Waals surface area contributed by atoms with Crippen molar-refractivity contribution in [1.29, 1.82) is 0 Å².